The first kappa shape index (κ1) is 8.25. The van der Waals surface area contributed by atoms with Crippen LogP contribution in [0.1, 0.15) is 10.4 Å². The third-order valence-electron chi connectivity index (χ3n) is 1.84. The lowest BCUT2D eigenvalue weighted by Crippen LogP contribution is -1.96. The van der Waals surface area contributed by atoms with Crippen molar-refractivity contribution in [1.29, 1.82) is 0 Å². The summed E-state index contributed by atoms with van der Waals surface area (Å²) in [5.41, 5.74) is 0.521. The molecule has 1 heterocycles. The zero-order chi connectivity index (χ0) is 9.42. The molecular weight excluding hydrogens is 190 g/mol. The summed E-state index contributed by atoms with van der Waals surface area (Å²) in [6.07, 6.45) is 0. The SMILES string of the molecule is O=C1CSc2c1cccc2[N+](=O)[O-]. The molecule has 0 bridgehead atoms. The lowest BCUT2D eigenvalue weighted by atomic mass is 10.1. The van der Waals surface area contributed by atoms with Crippen molar-refractivity contribution in [2.24, 2.45) is 0 Å². The molecule has 0 N–H and O–H groups in total. The number of nitrogens with zero attached hydrogens (tertiary/aromatic N) is 1. The number of fused-ring (bicyclic) bond motifs is 1. The van der Waals surface area contributed by atoms with Crippen LogP contribution in [-0.2, 0) is 0 Å². The number of thioether (sulfide) groups is 1. The summed E-state index contributed by atoms with van der Waals surface area (Å²) in [6, 6.07) is 4.59. The Hall–Kier alpha value is -1.36. The third kappa shape index (κ3) is 1.21. The lowest BCUT2D eigenvalue weighted by molar-refractivity contribution is -0.387. The van der Waals surface area contributed by atoms with Gasteiger partial charge in [0.15, 0.2) is 5.78 Å². The number of nitro groups is 1. The number of carbonyl (C=O) groups excluding carboxylic acids is 1. The monoisotopic (exact) mass is 195 g/mol. The summed E-state index contributed by atoms with van der Waals surface area (Å²) in [5, 5.41) is 10.5. The fourth-order valence-electron chi connectivity index (χ4n) is 1.26. The minimum Gasteiger partial charge on any atom is -0.293 e. The second-order valence-corrected chi connectivity index (χ2v) is 3.61. The van der Waals surface area contributed by atoms with E-state index in [0.717, 1.165) is 0 Å². The third-order valence-corrected chi connectivity index (χ3v) is 2.96. The number of carbonyl (C=O) groups is 1. The van der Waals surface area contributed by atoms with Gasteiger partial charge in [-0.25, -0.2) is 0 Å². The average Bonchev–Trinajstić information content (AvgIpc) is 2.48. The van der Waals surface area contributed by atoms with Gasteiger partial charge < -0.3 is 0 Å². The van der Waals surface area contributed by atoms with Crippen molar-refractivity contribution in [3.8, 4) is 0 Å². The van der Waals surface area contributed by atoms with Crippen LogP contribution in [-0.4, -0.2) is 16.5 Å². The Morgan fingerprint density at radius 1 is 1.46 bits per heavy atom. The number of Topliss-reactive ketones (excluding diaryl/α,β-unsaturated/α-hetero) is 1. The van der Waals surface area contributed by atoms with Crippen molar-refractivity contribution in [2.75, 3.05) is 5.75 Å². The Labute approximate surface area is 78.1 Å². The van der Waals surface area contributed by atoms with Crippen LogP contribution in [0.4, 0.5) is 5.69 Å². The lowest BCUT2D eigenvalue weighted by Gasteiger charge is -1.96. The van der Waals surface area contributed by atoms with Gasteiger partial charge in [-0.15, -0.1) is 11.8 Å². The molecule has 66 valence electrons. The van der Waals surface area contributed by atoms with Crippen LogP contribution in [0, 0.1) is 10.1 Å². The molecule has 0 aliphatic carbocycles. The Morgan fingerprint density at radius 3 is 2.92 bits per heavy atom. The Kier molecular flexibility index (Phi) is 1.81. The summed E-state index contributed by atoms with van der Waals surface area (Å²) < 4.78 is 0. The highest BCUT2D eigenvalue weighted by Crippen LogP contribution is 2.38. The molecule has 0 spiro atoms. The normalized spacial score (nSPS) is 14.3. The maximum Gasteiger partial charge on any atom is 0.283 e. The summed E-state index contributed by atoms with van der Waals surface area (Å²) in [7, 11) is 0. The van der Waals surface area contributed by atoms with Crippen LogP contribution in [0.3, 0.4) is 0 Å². The number of benzene rings is 1. The van der Waals surface area contributed by atoms with Crippen LogP contribution in [0.2, 0.25) is 0 Å². The quantitative estimate of drug-likeness (QED) is 0.507. The predicted octanol–water partition coefficient (Wildman–Crippen LogP) is 1.88. The van der Waals surface area contributed by atoms with Gasteiger partial charge in [0.1, 0.15) is 0 Å². The smallest absolute Gasteiger partial charge is 0.283 e. The highest BCUT2D eigenvalue weighted by molar-refractivity contribution is 8.00. The zero-order valence-corrected chi connectivity index (χ0v) is 7.34. The molecule has 2 rings (SSSR count). The number of ketones is 1. The van der Waals surface area contributed by atoms with Crippen LogP contribution in [0.5, 0.6) is 0 Å². The highest BCUT2D eigenvalue weighted by atomic mass is 32.2. The van der Waals surface area contributed by atoms with Crippen molar-refractivity contribution < 1.29 is 9.72 Å². The van der Waals surface area contributed by atoms with E-state index in [2.05, 4.69) is 0 Å². The first-order valence-corrected chi connectivity index (χ1v) is 4.62. The molecule has 5 heteroatoms. The predicted molar refractivity (Wildman–Crippen MR) is 48.2 cm³/mol. The van der Waals surface area contributed by atoms with E-state index in [1.54, 1.807) is 12.1 Å². The molecule has 4 nitrogen and oxygen atoms in total. The molecule has 1 aromatic carbocycles. The fraction of sp³-hybridized carbons (Fsp3) is 0.125. The van der Waals surface area contributed by atoms with E-state index < -0.39 is 4.92 Å². The average molecular weight is 195 g/mol. The molecule has 1 aliphatic heterocycles. The van der Waals surface area contributed by atoms with E-state index in [9.17, 15) is 14.9 Å². The summed E-state index contributed by atoms with van der Waals surface area (Å²) >= 11 is 1.24. The molecule has 0 atom stereocenters. The highest BCUT2D eigenvalue weighted by Gasteiger charge is 2.27. The summed E-state index contributed by atoms with van der Waals surface area (Å²) in [4.78, 5) is 21.8. The number of hydrogen-bond acceptors (Lipinski definition) is 4. The minimum atomic E-state index is -0.454. The van der Waals surface area contributed by atoms with Gasteiger partial charge in [0.2, 0.25) is 0 Å². The van der Waals surface area contributed by atoms with E-state index >= 15 is 0 Å². The maximum atomic E-state index is 11.2. The van der Waals surface area contributed by atoms with Crippen molar-refractivity contribution in [3.05, 3.63) is 33.9 Å². The summed E-state index contributed by atoms with van der Waals surface area (Å²) in [5.74, 6) is 0.295. The van der Waals surface area contributed by atoms with Crippen LogP contribution >= 0.6 is 11.8 Å². The second-order valence-electron chi connectivity index (χ2n) is 2.62. The maximum absolute atomic E-state index is 11.2. The van der Waals surface area contributed by atoms with Gasteiger partial charge in [-0.3, -0.25) is 14.9 Å². The van der Waals surface area contributed by atoms with Gasteiger partial charge in [0.05, 0.1) is 15.6 Å². The topological polar surface area (TPSA) is 60.2 Å². The van der Waals surface area contributed by atoms with Gasteiger partial charge in [-0.05, 0) is 6.07 Å². The Morgan fingerprint density at radius 2 is 2.23 bits per heavy atom. The first-order valence-electron chi connectivity index (χ1n) is 3.63. The van der Waals surface area contributed by atoms with Crippen molar-refractivity contribution in [1.82, 2.24) is 0 Å². The van der Waals surface area contributed by atoms with E-state index in [0.29, 0.717) is 16.2 Å². The number of nitro benzene ring substituents is 1. The molecule has 0 radical (unpaired) electrons. The van der Waals surface area contributed by atoms with Crippen LogP contribution in [0.15, 0.2) is 23.1 Å². The van der Waals surface area contributed by atoms with Crippen molar-refractivity contribution in [3.63, 3.8) is 0 Å². The largest absolute Gasteiger partial charge is 0.293 e. The number of hydrogen-bond donors (Lipinski definition) is 0. The molecule has 0 unspecified atom stereocenters. The fourth-order valence-corrected chi connectivity index (χ4v) is 2.31. The second kappa shape index (κ2) is 2.85. The van der Waals surface area contributed by atoms with E-state index in [-0.39, 0.29) is 11.5 Å². The zero-order valence-electron chi connectivity index (χ0n) is 6.52. The van der Waals surface area contributed by atoms with Gasteiger partial charge in [-0.1, -0.05) is 6.07 Å². The van der Waals surface area contributed by atoms with E-state index in [1.165, 1.54) is 17.8 Å². The molecule has 0 aromatic heterocycles. The minimum absolute atomic E-state index is 0.0244. The van der Waals surface area contributed by atoms with Crippen molar-refractivity contribution >= 4 is 23.2 Å². The van der Waals surface area contributed by atoms with E-state index in [1.807, 2.05) is 0 Å². The summed E-state index contributed by atoms with van der Waals surface area (Å²) in [6.45, 7) is 0. The van der Waals surface area contributed by atoms with E-state index in [4.69, 9.17) is 0 Å². The molecule has 1 aromatic rings. The van der Waals surface area contributed by atoms with Gasteiger partial charge in [-0.2, -0.15) is 0 Å². The molecule has 0 saturated carbocycles. The molecule has 0 fully saturated rings. The standard InChI is InChI=1S/C8H5NO3S/c10-7-4-13-8-5(7)2-1-3-6(8)9(11)12/h1-3H,4H2. The molecule has 1 aliphatic rings. The van der Waals surface area contributed by atoms with Crippen molar-refractivity contribution in [2.45, 2.75) is 4.90 Å². The Balaban J connectivity index is 2.63. The first-order chi connectivity index (χ1) is 6.20. The molecular formula is C8H5NO3S. The number of rotatable bonds is 1. The molecule has 0 saturated heterocycles. The van der Waals surface area contributed by atoms with Crippen LogP contribution < -0.4 is 0 Å². The van der Waals surface area contributed by atoms with Gasteiger partial charge in [0, 0.05) is 11.6 Å². The van der Waals surface area contributed by atoms with Crippen LogP contribution in [0.25, 0.3) is 0 Å². The molecule has 13 heavy (non-hydrogen) atoms. The van der Waals surface area contributed by atoms with Gasteiger partial charge in [0.25, 0.3) is 5.69 Å². The van der Waals surface area contributed by atoms with Gasteiger partial charge >= 0.3 is 0 Å². The Bertz CT molecular complexity index is 402. The molecule has 0 amide bonds.